The molecule has 1 aromatic heterocycles. The van der Waals surface area contributed by atoms with Gasteiger partial charge < -0.3 is 9.84 Å². The molecule has 0 unspecified atom stereocenters. The van der Waals surface area contributed by atoms with Gasteiger partial charge in [0.2, 0.25) is 0 Å². The molecule has 0 amide bonds. The Bertz CT molecular complexity index is 752. The second-order valence-corrected chi connectivity index (χ2v) is 5.83. The van der Waals surface area contributed by atoms with Crippen molar-refractivity contribution >= 4 is 21.9 Å². The van der Waals surface area contributed by atoms with Gasteiger partial charge in [-0.05, 0) is 59.3 Å². The van der Waals surface area contributed by atoms with Crippen molar-refractivity contribution in [1.82, 2.24) is 10.2 Å². The summed E-state index contributed by atoms with van der Waals surface area (Å²) in [6.45, 7) is 0. The summed E-state index contributed by atoms with van der Waals surface area (Å²) >= 11 is 3.06. The van der Waals surface area contributed by atoms with E-state index in [1.54, 1.807) is 6.07 Å². The zero-order chi connectivity index (χ0) is 15.7. The zero-order valence-corrected chi connectivity index (χ0v) is 13.1. The standard InChI is InChI=1S/C15H12BrFN2O3/c16-9-5-3-7-11(13(9)17)22-14-12(15(20)21)8-4-1-2-6-10(8)18-19-14/h3,5,7H,1-2,4,6H2,(H,20,21). The molecule has 0 bridgehead atoms. The molecule has 0 aliphatic heterocycles. The van der Waals surface area contributed by atoms with Crippen LogP contribution in [0.4, 0.5) is 4.39 Å². The number of halogens is 2. The highest BCUT2D eigenvalue weighted by molar-refractivity contribution is 9.10. The minimum absolute atomic E-state index is 0.0240. The van der Waals surface area contributed by atoms with Crippen LogP contribution in [0.3, 0.4) is 0 Å². The van der Waals surface area contributed by atoms with Crippen LogP contribution in [-0.2, 0) is 12.8 Å². The van der Waals surface area contributed by atoms with Crippen LogP contribution in [0.2, 0.25) is 0 Å². The Hall–Kier alpha value is -2.02. The van der Waals surface area contributed by atoms with E-state index >= 15 is 0 Å². The Labute approximate surface area is 134 Å². The molecular formula is C15H12BrFN2O3. The topological polar surface area (TPSA) is 72.3 Å². The smallest absolute Gasteiger partial charge is 0.341 e. The predicted octanol–water partition coefficient (Wildman–Crippen LogP) is 3.75. The molecule has 1 N–H and O–H groups in total. The summed E-state index contributed by atoms with van der Waals surface area (Å²) in [4.78, 5) is 11.6. The molecule has 22 heavy (non-hydrogen) atoms. The highest BCUT2D eigenvalue weighted by Crippen LogP contribution is 2.33. The van der Waals surface area contributed by atoms with Gasteiger partial charge in [0.25, 0.3) is 5.88 Å². The first kappa shape index (κ1) is 14.9. The monoisotopic (exact) mass is 366 g/mol. The van der Waals surface area contributed by atoms with E-state index in [1.807, 2.05) is 0 Å². The lowest BCUT2D eigenvalue weighted by molar-refractivity contribution is 0.0691. The highest BCUT2D eigenvalue weighted by Gasteiger charge is 2.25. The maximum atomic E-state index is 14.0. The zero-order valence-electron chi connectivity index (χ0n) is 11.5. The molecule has 1 aromatic carbocycles. The lowest BCUT2D eigenvalue weighted by Gasteiger charge is -2.18. The van der Waals surface area contributed by atoms with E-state index in [1.165, 1.54) is 12.1 Å². The molecule has 1 heterocycles. The van der Waals surface area contributed by atoms with Gasteiger partial charge >= 0.3 is 5.97 Å². The van der Waals surface area contributed by atoms with Crippen molar-refractivity contribution in [2.45, 2.75) is 25.7 Å². The third-order valence-corrected chi connectivity index (χ3v) is 4.16. The first-order chi connectivity index (χ1) is 10.6. The Morgan fingerprint density at radius 2 is 2.05 bits per heavy atom. The van der Waals surface area contributed by atoms with Gasteiger partial charge in [0.05, 0.1) is 10.2 Å². The Morgan fingerprint density at radius 3 is 2.82 bits per heavy atom. The van der Waals surface area contributed by atoms with Crippen molar-refractivity contribution in [3.8, 4) is 11.6 Å². The van der Waals surface area contributed by atoms with E-state index < -0.39 is 11.8 Å². The van der Waals surface area contributed by atoms with E-state index in [0.717, 1.165) is 12.8 Å². The fourth-order valence-electron chi connectivity index (χ4n) is 2.51. The highest BCUT2D eigenvalue weighted by atomic mass is 79.9. The first-order valence-electron chi connectivity index (χ1n) is 6.81. The molecule has 0 radical (unpaired) electrons. The number of aromatic carboxylic acids is 1. The number of ether oxygens (including phenoxy) is 1. The summed E-state index contributed by atoms with van der Waals surface area (Å²) in [5.41, 5.74) is 1.30. The molecule has 0 saturated heterocycles. The van der Waals surface area contributed by atoms with Crippen LogP contribution in [0.1, 0.15) is 34.5 Å². The Morgan fingerprint density at radius 1 is 1.27 bits per heavy atom. The minimum atomic E-state index is -1.14. The van der Waals surface area contributed by atoms with Crippen molar-refractivity contribution in [1.29, 1.82) is 0 Å². The van der Waals surface area contributed by atoms with E-state index in [0.29, 0.717) is 24.1 Å². The summed E-state index contributed by atoms with van der Waals surface area (Å²) in [6, 6.07) is 4.53. The third kappa shape index (κ3) is 2.68. The molecule has 1 aliphatic rings. The number of fused-ring (bicyclic) bond motifs is 1. The van der Waals surface area contributed by atoms with Gasteiger partial charge in [0, 0.05) is 0 Å². The average Bonchev–Trinajstić information content (AvgIpc) is 2.51. The Kier molecular flexibility index (Phi) is 4.06. The number of hydrogen-bond acceptors (Lipinski definition) is 4. The van der Waals surface area contributed by atoms with E-state index in [-0.39, 0.29) is 21.7 Å². The van der Waals surface area contributed by atoms with Gasteiger partial charge in [-0.2, -0.15) is 5.10 Å². The summed E-state index contributed by atoms with van der Waals surface area (Å²) in [7, 11) is 0. The lowest BCUT2D eigenvalue weighted by Crippen LogP contribution is -2.15. The number of aryl methyl sites for hydroxylation is 1. The third-order valence-electron chi connectivity index (χ3n) is 3.55. The van der Waals surface area contributed by atoms with Gasteiger partial charge in [-0.25, -0.2) is 9.18 Å². The van der Waals surface area contributed by atoms with Gasteiger partial charge in [-0.3, -0.25) is 0 Å². The maximum absolute atomic E-state index is 14.0. The van der Waals surface area contributed by atoms with Crippen molar-refractivity contribution in [3.05, 3.63) is 45.3 Å². The predicted molar refractivity (Wildman–Crippen MR) is 79.8 cm³/mol. The van der Waals surface area contributed by atoms with E-state index in [2.05, 4.69) is 26.1 Å². The molecule has 5 nitrogen and oxygen atoms in total. The lowest BCUT2D eigenvalue weighted by atomic mass is 9.93. The van der Waals surface area contributed by atoms with E-state index in [9.17, 15) is 14.3 Å². The van der Waals surface area contributed by atoms with Crippen molar-refractivity contribution < 1.29 is 19.0 Å². The van der Waals surface area contributed by atoms with Gasteiger partial charge in [0.15, 0.2) is 11.6 Å². The second kappa shape index (κ2) is 6.00. The molecule has 0 fully saturated rings. The van der Waals surface area contributed by atoms with Crippen LogP contribution in [0, 0.1) is 5.82 Å². The quantitative estimate of drug-likeness (QED) is 0.895. The van der Waals surface area contributed by atoms with Gasteiger partial charge in [0.1, 0.15) is 5.56 Å². The molecule has 1 aliphatic carbocycles. The number of benzene rings is 1. The van der Waals surface area contributed by atoms with Crippen molar-refractivity contribution in [2.75, 3.05) is 0 Å². The fraction of sp³-hybridized carbons (Fsp3) is 0.267. The largest absolute Gasteiger partial charge is 0.477 e. The van der Waals surface area contributed by atoms with Crippen LogP contribution >= 0.6 is 15.9 Å². The number of rotatable bonds is 3. The number of hydrogen-bond donors (Lipinski definition) is 1. The number of carbonyl (C=O) groups is 1. The van der Waals surface area contributed by atoms with Crippen molar-refractivity contribution in [3.63, 3.8) is 0 Å². The summed E-state index contributed by atoms with van der Waals surface area (Å²) in [6.07, 6.45) is 3.17. The molecule has 0 spiro atoms. The SMILES string of the molecule is O=C(O)c1c(Oc2cccc(Br)c2F)nnc2c1CCCC2. The number of nitrogens with zero attached hydrogens (tertiary/aromatic N) is 2. The molecule has 0 atom stereocenters. The molecular weight excluding hydrogens is 355 g/mol. The summed E-state index contributed by atoms with van der Waals surface area (Å²) in [5.74, 6) is -2.02. The van der Waals surface area contributed by atoms with Crippen LogP contribution in [0.25, 0.3) is 0 Å². The molecule has 7 heteroatoms. The number of aromatic nitrogens is 2. The van der Waals surface area contributed by atoms with Crippen LogP contribution in [-0.4, -0.2) is 21.3 Å². The first-order valence-corrected chi connectivity index (χ1v) is 7.61. The van der Waals surface area contributed by atoms with Crippen LogP contribution in [0.15, 0.2) is 22.7 Å². The number of carboxylic acid groups (broad SMARTS) is 1. The fourth-order valence-corrected chi connectivity index (χ4v) is 2.86. The Balaban J connectivity index is 2.07. The van der Waals surface area contributed by atoms with Gasteiger partial charge in [-0.1, -0.05) is 6.07 Å². The second-order valence-electron chi connectivity index (χ2n) is 4.97. The van der Waals surface area contributed by atoms with E-state index in [4.69, 9.17) is 4.74 Å². The number of carboxylic acids is 1. The summed E-state index contributed by atoms with van der Waals surface area (Å²) in [5, 5.41) is 17.4. The minimum Gasteiger partial charge on any atom is -0.477 e. The van der Waals surface area contributed by atoms with Crippen molar-refractivity contribution in [2.24, 2.45) is 0 Å². The maximum Gasteiger partial charge on any atom is 0.341 e. The molecule has 2 aromatic rings. The summed E-state index contributed by atoms with van der Waals surface area (Å²) < 4.78 is 19.6. The average molecular weight is 367 g/mol. The normalized spacial score (nSPS) is 13.5. The van der Waals surface area contributed by atoms with Gasteiger partial charge in [-0.15, -0.1) is 5.10 Å². The molecule has 114 valence electrons. The molecule has 3 rings (SSSR count). The van der Waals surface area contributed by atoms with Crippen LogP contribution in [0.5, 0.6) is 11.6 Å². The molecule has 0 saturated carbocycles. The van der Waals surface area contributed by atoms with Crippen LogP contribution < -0.4 is 4.74 Å².